The van der Waals surface area contributed by atoms with E-state index < -0.39 is 10.7 Å². The highest BCUT2D eigenvalue weighted by Crippen LogP contribution is 2.33. The van der Waals surface area contributed by atoms with Gasteiger partial charge in [0.05, 0.1) is 18.1 Å². The number of anilines is 1. The van der Waals surface area contributed by atoms with E-state index in [0.29, 0.717) is 0 Å². The number of nitro groups is 1. The van der Waals surface area contributed by atoms with Crippen LogP contribution in [0.3, 0.4) is 0 Å². The Kier molecular flexibility index (Phi) is 5.85. The van der Waals surface area contributed by atoms with Crippen molar-refractivity contribution in [3.8, 4) is 5.75 Å². The maximum atomic E-state index is 13.8. The molecule has 8 heteroatoms. The fourth-order valence-corrected chi connectivity index (χ4v) is 3.27. The predicted octanol–water partition coefficient (Wildman–Crippen LogP) is 3.96. The number of nitro benzene ring substituents is 1. The molecule has 0 bridgehead atoms. The SMILES string of the molecule is COc1cc(NC2CCN(Cc3ccc(F)cc3)CC2)c([N+](=O)[O-])cc1F. The summed E-state index contributed by atoms with van der Waals surface area (Å²) in [5.41, 5.74) is 0.999. The average molecular weight is 377 g/mol. The van der Waals surface area contributed by atoms with Crippen LogP contribution in [-0.2, 0) is 6.54 Å². The lowest BCUT2D eigenvalue weighted by Gasteiger charge is -2.32. The first kappa shape index (κ1) is 19.0. The van der Waals surface area contributed by atoms with Crippen LogP contribution in [0.25, 0.3) is 0 Å². The number of hydrogen-bond acceptors (Lipinski definition) is 5. The first-order valence-corrected chi connectivity index (χ1v) is 8.71. The van der Waals surface area contributed by atoms with Gasteiger partial charge in [-0.05, 0) is 30.5 Å². The van der Waals surface area contributed by atoms with Crippen LogP contribution in [0.2, 0.25) is 0 Å². The summed E-state index contributed by atoms with van der Waals surface area (Å²) in [5.74, 6) is -1.04. The highest BCUT2D eigenvalue weighted by atomic mass is 19.1. The third-order valence-electron chi connectivity index (χ3n) is 4.73. The third-order valence-corrected chi connectivity index (χ3v) is 4.73. The van der Waals surface area contributed by atoms with Crippen LogP contribution in [0.4, 0.5) is 20.2 Å². The number of nitrogens with zero attached hydrogens (tertiary/aromatic N) is 2. The van der Waals surface area contributed by atoms with E-state index in [1.807, 2.05) is 0 Å². The molecule has 1 aliphatic rings. The molecule has 27 heavy (non-hydrogen) atoms. The summed E-state index contributed by atoms with van der Waals surface area (Å²) in [7, 11) is 1.32. The van der Waals surface area contributed by atoms with Crippen LogP contribution in [0.1, 0.15) is 18.4 Å². The summed E-state index contributed by atoms with van der Waals surface area (Å²) in [6.07, 6.45) is 1.58. The van der Waals surface area contributed by atoms with E-state index in [1.54, 1.807) is 12.1 Å². The summed E-state index contributed by atoms with van der Waals surface area (Å²) in [4.78, 5) is 12.9. The van der Waals surface area contributed by atoms with E-state index in [1.165, 1.54) is 25.3 Å². The Labute approximate surface area is 155 Å². The Balaban J connectivity index is 1.62. The van der Waals surface area contributed by atoms with E-state index >= 15 is 0 Å². The van der Waals surface area contributed by atoms with Crippen molar-refractivity contribution in [3.05, 3.63) is 63.7 Å². The van der Waals surface area contributed by atoms with Crippen LogP contribution >= 0.6 is 0 Å². The number of nitrogens with one attached hydrogen (secondary N) is 1. The molecule has 0 unspecified atom stereocenters. The van der Waals surface area contributed by atoms with Crippen molar-refractivity contribution in [1.82, 2.24) is 4.90 Å². The van der Waals surface area contributed by atoms with Crippen LogP contribution in [0.5, 0.6) is 5.75 Å². The molecule has 0 amide bonds. The van der Waals surface area contributed by atoms with Crippen LogP contribution in [0.15, 0.2) is 36.4 Å². The molecule has 2 aromatic rings. The maximum absolute atomic E-state index is 13.8. The summed E-state index contributed by atoms with van der Waals surface area (Å²) in [6, 6.07) is 8.70. The number of piperidine rings is 1. The van der Waals surface area contributed by atoms with E-state index in [9.17, 15) is 18.9 Å². The van der Waals surface area contributed by atoms with E-state index in [4.69, 9.17) is 4.74 Å². The number of ether oxygens (including phenoxy) is 1. The van der Waals surface area contributed by atoms with Crippen LogP contribution < -0.4 is 10.1 Å². The van der Waals surface area contributed by atoms with Crippen molar-refractivity contribution in [1.29, 1.82) is 0 Å². The number of methoxy groups -OCH3 is 1. The lowest BCUT2D eigenvalue weighted by Crippen LogP contribution is -2.38. The van der Waals surface area contributed by atoms with Crippen molar-refractivity contribution in [3.63, 3.8) is 0 Å². The number of rotatable bonds is 6. The van der Waals surface area contributed by atoms with Gasteiger partial charge in [0.15, 0.2) is 11.6 Å². The quantitative estimate of drug-likeness (QED) is 0.610. The molecule has 0 atom stereocenters. The molecule has 1 saturated heterocycles. The second kappa shape index (κ2) is 8.30. The molecule has 2 aromatic carbocycles. The van der Waals surface area contributed by atoms with Crippen molar-refractivity contribution >= 4 is 11.4 Å². The molecule has 0 aliphatic carbocycles. The highest BCUT2D eigenvalue weighted by Gasteiger charge is 2.24. The Morgan fingerprint density at radius 1 is 1.22 bits per heavy atom. The van der Waals surface area contributed by atoms with Gasteiger partial charge in [0.25, 0.3) is 5.69 Å². The molecule has 0 spiro atoms. The monoisotopic (exact) mass is 377 g/mol. The van der Waals surface area contributed by atoms with Gasteiger partial charge in [-0.25, -0.2) is 8.78 Å². The van der Waals surface area contributed by atoms with Gasteiger partial charge < -0.3 is 10.1 Å². The second-order valence-electron chi connectivity index (χ2n) is 6.58. The minimum atomic E-state index is -0.760. The zero-order valence-electron chi connectivity index (χ0n) is 15.0. The molecule has 144 valence electrons. The van der Waals surface area contributed by atoms with Gasteiger partial charge in [0, 0.05) is 31.7 Å². The standard InChI is InChI=1S/C19H21F2N3O3/c1-27-19-11-17(18(24(25)26)10-16(19)21)22-15-6-8-23(9-7-15)12-13-2-4-14(20)5-3-13/h2-5,10-11,15,22H,6-9,12H2,1H3. The number of halogens is 2. The topological polar surface area (TPSA) is 67.6 Å². The molecular formula is C19H21F2N3O3. The fourth-order valence-electron chi connectivity index (χ4n) is 3.27. The molecule has 3 rings (SSSR count). The van der Waals surface area contributed by atoms with Crippen molar-refractivity contribution in [2.75, 3.05) is 25.5 Å². The maximum Gasteiger partial charge on any atom is 0.295 e. The highest BCUT2D eigenvalue weighted by molar-refractivity contribution is 5.65. The Morgan fingerprint density at radius 2 is 1.89 bits per heavy atom. The molecule has 0 aromatic heterocycles. The molecule has 1 aliphatic heterocycles. The fraction of sp³-hybridized carbons (Fsp3) is 0.368. The Morgan fingerprint density at radius 3 is 2.48 bits per heavy atom. The largest absolute Gasteiger partial charge is 0.494 e. The Bertz CT molecular complexity index is 807. The first-order valence-electron chi connectivity index (χ1n) is 8.71. The predicted molar refractivity (Wildman–Crippen MR) is 97.9 cm³/mol. The molecule has 1 heterocycles. The third kappa shape index (κ3) is 4.71. The average Bonchev–Trinajstić information content (AvgIpc) is 2.66. The molecule has 6 nitrogen and oxygen atoms in total. The number of benzene rings is 2. The van der Waals surface area contributed by atoms with Gasteiger partial charge in [0.2, 0.25) is 0 Å². The zero-order valence-corrected chi connectivity index (χ0v) is 15.0. The van der Waals surface area contributed by atoms with Crippen molar-refractivity contribution < 1.29 is 18.4 Å². The molecule has 0 radical (unpaired) electrons. The van der Waals surface area contributed by atoms with E-state index in [-0.39, 0.29) is 29.0 Å². The van der Waals surface area contributed by atoms with Gasteiger partial charge in [-0.2, -0.15) is 0 Å². The zero-order chi connectivity index (χ0) is 19.4. The summed E-state index contributed by atoms with van der Waals surface area (Å²) in [6.45, 7) is 2.35. The van der Waals surface area contributed by atoms with Gasteiger partial charge >= 0.3 is 0 Å². The summed E-state index contributed by atoms with van der Waals surface area (Å²) >= 11 is 0. The van der Waals surface area contributed by atoms with Gasteiger partial charge in [-0.3, -0.25) is 15.0 Å². The minimum absolute atomic E-state index is 0.0307. The lowest BCUT2D eigenvalue weighted by molar-refractivity contribution is -0.384. The van der Waals surface area contributed by atoms with Gasteiger partial charge in [0.1, 0.15) is 11.5 Å². The number of likely N-dealkylation sites (tertiary alicyclic amines) is 1. The smallest absolute Gasteiger partial charge is 0.295 e. The molecule has 0 saturated carbocycles. The van der Waals surface area contributed by atoms with E-state index in [0.717, 1.165) is 44.1 Å². The van der Waals surface area contributed by atoms with Crippen LogP contribution in [0, 0.1) is 21.7 Å². The molecular weight excluding hydrogens is 356 g/mol. The van der Waals surface area contributed by atoms with Crippen LogP contribution in [-0.4, -0.2) is 36.1 Å². The van der Waals surface area contributed by atoms with Crippen molar-refractivity contribution in [2.24, 2.45) is 0 Å². The second-order valence-corrected chi connectivity index (χ2v) is 6.58. The normalized spacial score (nSPS) is 15.5. The Hall–Kier alpha value is -2.74. The van der Waals surface area contributed by atoms with Crippen molar-refractivity contribution in [2.45, 2.75) is 25.4 Å². The van der Waals surface area contributed by atoms with Gasteiger partial charge in [-0.15, -0.1) is 0 Å². The van der Waals surface area contributed by atoms with E-state index in [2.05, 4.69) is 10.2 Å². The first-order chi connectivity index (χ1) is 13.0. The summed E-state index contributed by atoms with van der Waals surface area (Å²) in [5, 5.41) is 14.4. The number of hydrogen-bond donors (Lipinski definition) is 1. The minimum Gasteiger partial charge on any atom is -0.494 e. The summed E-state index contributed by atoms with van der Waals surface area (Å²) < 4.78 is 31.7. The van der Waals surface area contributed by atoms with Gasteiger partial charge in [-0.1, -0.05) is 12.1 Å². The molecule has 1 N–H and O–H groups in total. The molecule has 1 fully saturated rings. The lowest BCUT2D eigenvalue weighted by atomic mass is 10.0.